The molecule has 3 unspecified atom stereocenters. The third kappa shape index (κ3) is 5.99. The van der Waals surface area contributed by atoms with Crippen molar-refractivity contribution in [2.24, 2.45) is 5.73 Å². The van der Waals surface area contributed by atoms with Gasteiger partial charge in [0.2, 0.25) is 17.7 Å². The lowest BCUT2D eigenvalue weighted by Gasteiger charge is -2.47. The molecule has 2 saturated heterocycles. The van der Waals surface area contributed by atoms with Crippen LogP contribution in [0.15, 0.2) is 91.0 Å². The van der Waals surface area contributed by atoms with E-state index in [1.165, 1.54) is 16.0 Å². The van der Waals surface area contributed by atoms with E-state index in [4.69, 9.17) is 5.73 Å². The zero-order valence-corrected chi connectivity index (χ0v) is 23.1. The topological polar surface area (TPSA) is 122 Å². The highest BCUT2D eigenvalue weighted by molar-refractivity contribution is 6.02. The Morgan fingerprint density at radius 3 is 1.50 bits per heavy atom. The molecule has 0 aliphatic carbocycles. The van der Waals surface area contributed by atoms with Gasteiger partial charge < -0.3 is 11.9 Å². The lowest BCUT2D eigenvalue weighted by Crippen LogP contribution is -2.61. The van der Waals surface area contributed by atoms with Gasteiger partial charge in [-0.15, -0.1) is 0 Å². The SMILES string of the molecule is CC(C(C(C(N)=O)c1ccccc1)N1CCN(C(c2ccccc2)c2ccccc2)CC1)N1C(=O)CCC1=O.N. The van der Waals surface area contributed by atoms with Crippen LogP contribution in [-0.4, -0.2) is 70.7 Å². The lowest BCUT2D eigenvalue weighted by atomic mass is 9.84. The molecule has 0 aromatic heterocycles. The number of primary amides is 1. The van der Waals surface area contributed by atoms with E-state index < -0.39 is 23.9 Å². The predicted molar refractivity (Wildman–Crippen MR) is 156 cm³/mol. The van der Waals surface area contributed by atoms with Gasteiger partial charge in [-0.2, -0.15) is 0 Å². The van der Waals surface area contributed by atoms with Crippen molar-refractivity contribution in [3.8, 4) is 0 Å². The normalized spacial score (nSPS) is 18.8. The fourth-order valence-corrected chi connectivity index (χ4v) is 6.36. The van der Waals surface area contributed by atoms with Gasteiger partial charge >= 0.3 is 0 Å². The van der Waals surface area contributed by atoms with Gasteiger partial charge in [0, 0.05) is 45.1 Å². The van der Waals surface area contributed by atoms with Gasteiger partial charge in [0.25, 0.3) is 0 Å². The average Bonchev–Trinajstić information content (AvgIpc) is 3.31. The largest absolute Gasteiger partial charge is 0.369 e. The van der Waals surface area contributed by atoms with Crippen molar-refractivity contribution in [1.29, 1.82) is 0 Å². The van der Waals surface area contributed by atoms with E-state index in [0.29, 0.717) is 13.1 Å². The van der Waals surface area contributed by atoms with Crippen LogP contribution in [0.3, 0.4) is 0 Å². The van der Waals surface area contributed by atoms with Crippen LogP contribution in [0.4, 0.5) is 0 Å². The van der Waals surface area contributed by atoms with Crippen LogP contribution in [0, 0.1) is 0 Å². The summed E-state index contributed by atoms with van der Waals surface area (Å²) in [6, 6.07) is 29.7. The monoisotopic (exact) mass is 541 g/mol. The number of nitrogens with zero attached hydrogens (tertiary/aromatic N) is 3. The standard InChI is InChI=1S/C32H36N4O3.H3N/c1-23(36-27(37)17-18-28(36)38)30(29(32(33)39)24-11-5-2-6-12-24)34-19-21-35(22-20-34)31(25-13-7-3-8-14-25)26-15-9-4-10-16-26;/h2-16,23,29-31H,17-22H2,1H3,(H2,33,39);1H3. The molecular weight excluding hydrogens is 502 g/mol. The first-order valence-electron chi connectivity index (χ1n) is 13.7. The number of benzene rings is 3. The van der Waals surface area contributed by atoms with Crippen LogP contribution >= 0.6 is 0 Å². The van der Waals surface area contributed by atoms with E-state index in [-0.39, 0.29) is 36.8 Å². The summed E-state index contributed by atoms with van der Waals surface area (Å²) in [6.07, 6.45) is 0.429. The molecule has 3 amide bonds. The second-order valence-corrected chi connectivity index (χ2v) is 10.5. The number of hydrogen-bond acceptors (Lipinski definition) is 6. The minimum Gasteiger partial charge on any atom is -0.369 e. The Morgan fingerprint density at radius 1 is 0.675 bits per heavy atom. The molecule has 3 aromatic rings. The molecule has 0 radical (unpaired) electrons. The summed E-state index contributed by atoms with van der Waals surface area (Å²) in [5.74, 6) is -1.47. The third-order valence-corrected chi connectivity index (χ3v) is 8.16. The molecule has 5 rings (SSSR count). The van der Waals surface area contributed by atoms with Gasteiger partial charge in [-0.05, 0) is 23.6 Å². The van der Waals surface area contributed by atoms with Gasteiger partial charge in [-0.25, -0.2) is 0 Å². The molecule has 0 bridgehead atoms. The Morgan fingerprint density at radius 2 is 1.07 bits per heavy atom. The number of amides is 3. The quantitative estimate of drug-likeness (QED) is 0.398. The van der Waals surface area contributed by atoms with E-state index in [1.54, 1.807) is 0 Å². The maximum absolute atomic E-state index is 13.0. The highest BCUT2D eigenvalue weighted by Crippen LogP contribution is 2.34. The maximum atomic E-state index is 13.0. The average molecular weight is 542 g/mol. The van der Waals surface area contributed by atoms with E-state index in [1.807, 2.05) is 49.4 Å². The number of carbonyl (C=O) groups excluding carboxylic acids is 3. The highest BCUT2D eigenvalue weighted by atomic mass is 16.2. The minimum atomic E-state index is -0.659. The van der Waals surface area contributed by atoms with Crippen molar-refractivity contribution in [2.45, 2.75) is 43.8 Å². The zero-order valence-electron chi connectivity index (χ0n) is 23.1. The number of nitrogens with two attached hydrogens (primary N) is 1. The molecule has 40 heavy (non-hydrogen) atoms. The van der Waals surface area contributed by atoms with Crippen LogP contribution in [0.1, 0.15) is 48.4 Å². The molecule has 5 N–H and O–H groups in total. The van der Waals surface area contributed by atoms with Crippen LogP contribution in [0.2, 0.25) is 0 Å². The second-order valence-electron chi connectivity index (χ2n) is 10.5. The number of piperazine rings is 1. The molecule has 210 valence electrons. The first kappa shape index (κ1) is 29.1. The van der Waals surface area contributed by atoms with Crippen molar-refractivity contribution in [1.82, 2.24) is 20.9 Å². The third-order valence-electron chi connectivity index (χ3n) is 8.16. The molecule has 2 fully saturated rings. The van der Waals surface area contributed by atoms with Crippen LogP contribution < -0.4 is 11.9 Å². The summed E-state index contributed by atoms with van der Waals surface area (Å²) in [5, 5.41) is 0. The molecule has 8 nitrogen and oxygen atoms in total. The molecule has 3 atom stereocenters. The zero-order chi connectivity index (χ0) is 27.4. The fraction of sp³-hybridized carbons (Fsp3) is 0.344. The highest BCUT2D eigenvalue weighted by Gasteiger charge is 2.45. The van der Waals surface area contributed by atoms with Crippen molar-refractivity contribution in [2.75, 3.05) is 26.2 Å². The summed E-state index contributed by atoms with van der Waals surface area (Å²) < 4.78 is 0. The van der Waals surface area contributed by atoms with Crippen molar-refractivity contribution in [3.05, 3.63) is 108 Å². The van der Waals surface area contributed by atoms with E-state index in [9.17, 15) is 14.4 Å². The van der Waals surface area contributed by atoms with Gasteiger partial charge in [0.1, 0.15) is 0 Å². The Bertz CT molecular complexity index is 1220. The number of imide groups is 1. The van der Waals surface area contributed by atoms with Gasteiger partial charge in [-0.3, -0.25) is 29.1 Å². The van der Waals surface area contributed by atoms with Crippen LogP contribution in [-0.2, 0) is 14.4 Å². The summed E-state index contributed by atoms with van der Waals surface area (Å²) in [5.41, 5.74) is 9.31. The Hall–Kier alpha value is -3.85. The van der Waals surface area contributed by atoms with Crippen molar-refractivity contribution >= 4 is 17.7 Å². The van der Waals surface area contributed by atoms with Gasteiger partial charge in [0.05, 0.1) is 18.0 Å². The first-order valence-corrected chi connectivity index (χ1v) is 13.7. The van der Waals surface area contributed by atoms with E-state index in [2.05, 4.69) is 58.3 Å². The van der Waals surface area contributed by atoms with Gasteiger partial charge in [0.15, 0.2) is 0 Å². The number of likely N-dealkylation sites (tertiary alicyclic amines) is 1. The maximum Gasteiger partial charge on any atom is 0.229 e. The molecule has 2 aliphatic rings. The molecule has 2 aliphatic heterocycles. The molecular formula is C32H39N5O3. The summed E-state index contributed by atoms with van der Waals surface area (Å²) in [7, 11) is 0. The Kier molecular flexibility index (Phi) is 9.47. The molecule has 8 heteroatoms. The summed E-state index contributed by atoms with van der Waals surface area (Å²) in [4.78, 5) is 44.6. The molecule has 0 spiro atoms. The van der Waals surface area contributed by atoms with Gasteiger partial charge in [-0.1, -0.05) is 91.0 Å². The Labute approximate surface area is 236 Å². The number of hydrogen-bond donors (Lipinski definition) is 2. The van der Waals surface area contributed by atoms with E-state index >= 15 is 0 Å². The smallest absolute Gasteiger partial charge is 0.229 e. The summed E-state index contributed by atoms with van der Waals surface area (Å²) in [6.45, 7) is 4.77. The van der Waals surface area contributed by atoms with E-state index in [0.717, 1.165) is 18.7 Å². The van der Waals surface area contributed by atoms with Crippen LogP contribution in [0.5, 0.6) is 0 Å². The Balaban J connectivity index is 0.00000370. The minimum absolute atomic E-state index is 0. The number of carbonyl (C=O) groups is 3. The van der Waals surface area contributed by atoms with Crippen molar-refractivity contribution in [3.63, 3.8) is 0 Å². The lowest BCUT2D eigenvalue weighted by molar-refractivity contribution is -0.144. The first-order chi connectivity index (χ1) is 19.0. The predicted octanol–water partition coefficient (Wildman–Crippen LogP) is 3.73. The van der Waals surface area contributed by atoms with Crippen LogP contribution in [0.25, 0.3) is 0 Å². The molecule has 2 heterocycles. The molecule has 0 saturated carbocycles. The molecule has 3 aromatic carbocycles. The second kappa shape index (κ2) is 13.0. The van der Waals surface area contributed by atoms with Crippen molar-refractivity contribution < 1.29 is 14.4 Å². The number of rotatable bonds is 9. The fourth-order valence-electron chi connectivity index (χ4n) is 6.36. The summed E-state index contributed by atoms with van der Waals surface area (Å²) >= 11 is 0.